The minimum atomic E-state index is -4.86. The molecule has 1 saturated heterocycles. The molecule has 364 valence electrons. The Morgan fingerprint density at radius 1 is 0.806 bits per heavy atom. The van der Waals surface area contributed by atoms with E-state index in [1.165, 1.54) is 0 Å². The Bertz CT molecular complexity index is 2270. The van der Waals surface area contributed by atoms with Crippen LogP contribution in [0, 0.1) is 30.0 Å². The number of carbonyl (C=O) groups excluding carboxylic acids is 5. The minimum Gasteiger partial charge on any atom is -0.481 e. The fraction of sp³-hybridized carbons (Fsp3) is 0.490. The highest BCUT2D eigenvalue weighted by molar-refractivity contribution is 7.86. The van der Waals surface area contributed by atoms with Crippen molar-refractivity contribution >= 4 is 39.5 Å². The van der Waals surface area contributed by atoms with Crippen molar-refractivity contribution in [2.45, 2.75) is 101 Å². The number of hydrogen-bond donors (Lipinski definition) is 5. The maximum Gasteiger partial charge on any atom is 0.300 e. The minimum absolute atomic E-state index is 0.0130. The molecule has 67 heavy (non-hydrogen) atoms. The zero-order chi connectivity index (χ0) is 49.1. The number of benzene rings is 3. The van der Waals surface area contributed by atoms with E-state index < -0.39 is 80.7 Å². The van der Waals surface area contributed by atoms with Gasteiger partial charge in [-0.05, 0) is 67.7 Å². The van der Waals surface area contributed by atoms with Gasteiger partial charge < -0.3 is 35.8 Å². The molecule has 0 saturated carbocycles. The third-order valence-corrected chi connectivity index (χ3v) is 12.1. The molecule has 4 rings (SSSR count). The number of Topliss-reactive ketones (excluding diaryl/α,β-unsaturated/α-hetero) is 1. The maximum absolute atomic E-state index is 14.9. The van der Waals surface area contributed by atoms with Crippen LogP contribution in [0.25, 0.3) is 0 Å². The van der Waals surface area contributed by atoms with Crippen LogP contribution in [0.4, 0.5) is 4.39 Å². The lowest BCUT2D eigenvalue weighted by Gasteiger charge is -2.30. The van der Waals surface area contributed by atoms with Crippen LogP contribution in [-0.2, 0) is 55.9 Å². The number of ketones is 1. The first kappa shape index (κ1) is 53.9. The zero-order valence-electron chi connectivity index (χ0n) is 38.8. The molecule has 5 N–H and O–H groups in total. The molecule has 1 unspecified atom stereocenters. The van der Waals surface area contributed by atoms with Crippen LogP contribution in [-0.4, -0.2) is 124 Å². The second-order valence-corrected chi connectivity index (χ2v) is 19.2. The lowest BCUT2D eigenvalue weighted by atomic mass is 9.90. The lowest BCUT2D eigenvalue weighted by molar-refractivity contribution is -0.143. The van der Waals surface area contributed by atoms with Crippen LogP contribution in [0.15, 0.2) is 83.8 Å². The van der Waals surface area contributed by atoms with Gasteiger partial charge in [0.2, 0.25) is 23.6 Å². The molecule has 1 fully saturated rings. The number of nitrogens with zero attached hydrogens (tertiary/aromatic N) is 1. The first-order valence-electron chi connectivity index (χ1n) is 22.4. The number of nitrogens with one attached hydrogen (secondary N) is 4. The van der Waals surface area contributed by atoms with Gasteiger partial charge in [0.15, 0.2) is 5.78 Å². The van der Waals surface area contributed by atoms with Gasteiger partial charge in [0.05, 0.1) is 25.8 Å². The summed E-state index contributed by atoms with van der Waals surface area (Å²) in [7, 11) is -4.86. The summed E-state index contributed by atoms with van der Waals surface area (Å²) in [6.07, 6.45) is 5.95. The highest BCUT2D eigenvalue weighted by Crippen LogP contribution is 2.24. The average molecular weight is 950 g/mol. The molecule has 0 aliphatic carbocycles. The molecule has 0 radical (unpaired) electrons. The summed E-state index contributed by atoms with van der Waals surface area (Å²) in [5.74, 6) is -2.84. The number of halogens is 1. The van der Waals surface area contributed by atoms with Gasteiger partial charge in [-0.1, -0.05) is 94.3 Å². The van der Waals surface area contributed by atoms with Crippen LogP contribution in [0.5, 0.6) is 5.75 Å². The Labute approximate surface area is 393 Å². The van der Waals surface area contributed by atoms with Crippen molar-refractivity contribution in [2.75, 3.05) is 46.1 Å². The second kappa shape index (κ2) is 26.0. The van der Waals surface area contributed by atoms with E-state index in [0.29, 0.717) is 38.3 Å². The number of terminal acetylenes is 1. The predicted octanol–water partition coefficient (Wildman–Crippen LogP) is 3.10. The molecule has 0 aromatic heterocycles. The van der Waals surface area contributed by atoms with Crippen LogP contribution in [0.2, 0.25) is 0 Å². The van der Waals surface area contributed by atoms with Gasteiger partial charge in [-0.25, -0.2) is 4.39 Å². The van der Waals surface area contributed by atoms with Crippen molar-refractivity contribution in [3.05, 3.63) is 95.8 Å². The van der Waals surface area contributed by atoms with E-state index in [1.807, 2.05) is 49.1 Å². The van der Waals surface area contributed by atoms with Gasteiger partial charge in [0, 0.05) is 25.6 Å². The number of aryl methyl sites for hydroxylation is 1. The second-order valence-electron chi connectivity index (χ2n) is 17.6. The first-order chi connectivity index (χ1) is 31.8. The van der Waals surface area contributed by atoms with E-state index in [-0.39, 0.29) is 62.3 Å². The fourth-order valence-electron chi connectivity index (χ4n) is 7.31. The van der Waals surface area contributed by atoms with E-state index in [0.717, 1.165) is 30.7 Å². The van der Waals surface area contributed by atoms with E-state index in [2.05, 4.69) is 27.2 Å². The van der Waals surface area contributed by atoms with Crippen LogP contribution >= 0.6 is 0 Å². The zero-order valence-corrected chi connectivity index (χ0v) is 39.6. The monoisotopic (exact) mass is 949 g/mol. The van der Waals surface area contributed by atoms with Gasteiger partial charge in [-0.3, -0.25) is 33.1 Å². The Hall–Kier alpha value is -5.71. The molecule has 0 spiro atoms. The smallest absolute Gasteiger partial charge is 0.300 e. The average Bonchev–Trinajstić information content (AvgIpc) is 3.28. The first-order valence-corrected chi connectivity index (χ1v) is 23.8. The molecular weight excluding hydrogens is 886 g/mol. The predicted molar refractivity (Wildman–Crippen MR) is 248 cm³/mol. The van der Waals surface area contributed by atoms with Gasteiger partial charge >= 0.3 is 0 Å². The largest absolute Gasteiger partial charge is 0.481 e. The topological polar surface area (TPSA) is 219 Å². The van der Waals surface area contributed by atoms with Crippen LogP contribution in [0.1, 0.15) is 65.0 Å². The molecular formula is C49H64FN5O11S. The molecule has 3 aromatic rings. The molecule has 3 aromatic carbocycles. The molecule has 1 aliphatic rings. The van der Waals surface area contributed by atoms with Gasteiger partial charge in [0.25, 0.3) is 10.1 Å². The van der Waals surface area contributed by atoms with Crippen molar-refractivity contribution in [1.82, 2.24) is 26.2 Å². The Morgan fingerprint density at radius 2 is 1.36 bits per heavy atom. The molecule has 1 aliphatic heterocycles. The maximum atomic E-state index is 14.9. The van der Waals surface area contributed by atoms with Crippen molar-refractivity contribution in [1.29, 1.82) is 0 Å². The molecule has 18 heteroatoms. The quantitative estimate of drug-likeness (QED) is 0.0580. The normalized spacial score (nSPS) is 15.8. The molecule has 0 bridgehead atoms. The molecule has 4 amide bonds. The third kappa shape index (κ3) is 17.8. The summed E-state index contributed by atoms with van der Waals surface area (Å²) in [6.45, 7) is 9.13. The number of amides is 4. The Morgan fingerprint density at radius 3 is 1.96 bits per heavy atom. The van der Waals surface area contributed by atoms with Gasteiger partial charge in [0.1, 0.15) is 53.4 Å². The Balaban J connectivity index is 1.54. The van der Waals surface area contributed by atoms with E-state index in [4.69, 9.17) is 20.1 Å². The summed E-state index contributed by atoms with van der Waals surface area (Å²) < 4.78 is 56.5. The standard InChI is InChI=1S/C49H64FN5O11S/c1-7-24-65-37-19-21-43(38(50)30-37)67(62,63)66-32-49(6,61)45(57)40(27-33(2)3)52-48(60)42(29-36-16-12-9-13-17-36)54-47(59)41(28-34(4)5)53-46(58)39(20-18-35-14-10-8-11-15-35)51-44(56)31-55-22-25-64-26-23-55/h1,8-17,19,21,30,33-34,39-42,61H,18,20,22-29,31-32H2,2-6H3,(H,51,56)(H,52,60)(H,53,58)(H,54,59)/t39-,40-,41-,42-,49?/m0/s1. The summed E-state index contributed by atoms with van der Waals surface area (Å²) in [4.78, 5) is 71.1. The van der Waals surface area contributed by atoms with Crippen LogP contribution < -0.4 is 26.0 Å². The SMILES string of the molecule is C#CCOc1ccc(S(=O)(=O)OCC(C)(O)C(=O)[C@H](CC(C)C)NC(=O)[C@H](Cc2ccccc2)NC(=O)[C@H](CC(C)C)NC(=O)[C@H](CCc2ccccc2)NC(=O)CN2CCOCC2)c(F)c1. The van der Waals surface area contributed by atoms with Crippen molar-refractivity contribution in [2.24, 2.45) is 11.8 Å². The highest BCUT2D eigenvalue weighted by atomic mass is 32.2. The third-order valence-electron chi connectivity index (χ3n) is 10.8. The summed E-state index contributed by atoms with van der Waals surface area (Å²) >= 11 is 0. The number of rotatable bonds is 26. The van der Waals surface area contributed by atoms with Crippen molar-refractivity contribution < 1.29 is 55.5 Å². The lowest BCUT2D eigenvalue weighted by Crippen LogP contribution is -2.60. The molecule has 5 atom stereocenters. The number of hydrogen-bond acceptors (Lipinski definition) is 12. The van der Waals surface area contributed by atoms with E-state index >= 15 is 0 Å². The number of carbonyl (C=O) groups is 5. The summed E-state index contributed by atoms with van der Waals surface area (Å²) in [6, 6.07) is 16.2. The van der Waals surface area contributed by atoms with Gasteiger partial charge in [-0.2, -0.15) is 8.42 Å². The van der Waals surface area contributed by atoms with Crippen LogP contribution in [0.3, 0.4) is 0 Å². The molecule has 1 heterocycles. The number of aliphatic hydroxyl groups is 1. The molecule has 16 nitrogen and oxygen atoms in total. The summed E-state index contributed by atoms with van der Waals surface area (Å²) in [5.41, 5.74) is -0.922. The van der Waals surface area contributed by atoms with Crippen molar-refractivity contribution in [3.63, 3.8) is 0 Å². The highest BCUT2D eigenvalue weighted by Gasteiger charge is 2.40. The number of morpholine rings is 1. The Kier molecular flexibility index (Phi) is 20.9. The van der Waals surface area contributed by atoms with E-state index in [9.17, 15) is 41.9 Å². The van der Waals surface area contributed by atoms with Crippen molar-refractivity contribution in [3.8, 4) is 18.1 Å². The van der Waals surface area contributed by atoms with E-state index in [1.54, 1.807) is 44.2 Å². The summed E-state index contributed by atoms with van der Waals surface area (Å²) in [5, 5.41) is 22.5. The number of ether oxygens (including phenoxy) is 2. The fourth-order valence-corrected chi connectivity index (χ4v) is 8.35. The van der Waals surface area contributed by atoms with Gasteiger partial charge in [-0.15, -0.1) is 6.42 Å².